The highest BCUT2D eigenvalue weighted by molar-refractivity contribution is 5.97. The second-order valence-electron chi connectivity index (χ2n) is 9.16. The Morgan fingerprint density at radius 2 is 2.00 bits per heavy atom. The molecule has 0 bridgehead atoms. The second kappa shape index (κ2) is 8.75. The second-order valence-corrected chi connectivity index (χ2v) is 9.16. The minimum absolute atomic E-state index is 0.00971. The number of aromatic nitrogens is 4. The van der Waals surface area contributed by atoms with Crippen LogP contribution in [0.2, 0.25) is 0 Å². The fourth-order valence-corrected chi connectivity index (χ4v) is 4.32. The number of pyridine rings is 2. The molecule has 4 heterocycles. The number of amides is 1. The maximum absolute atomic E-state index is 12.3. The van der Waals surface area contributed by atoms with Crippen LogP contribution in [0, 0.1) is 29.6 Å². The molecule has 33 heavy (non-hydrogen) atoms. The van der Waals surface area contributed by atoms with Gasteiger partial charge in [0, 0.05) is 43.8 Å². The molecule has 2 atom stereocenters. The zero-order valence-electron chi connectivity index (χ0n) is 19.1. The van der Waals surface area contributed by atoms with Crippen molar-refractivity contribution in [1.29, 1.82) is 0 Å². The Bertz CT molecular complexity index is 1260. The van der Waals surface area contributed by atoms with Crippen LogP contribution in [0.5, 0.6) is 0 Å². The van der Waals surface area contributed by atoms with Crippen LogP contribution in [0.4, 0.5) is 11.6 Å². The predicted octanol–water partition coefficient (Wildman–Crippen LogP) is 2.56. The summed E-state index contributed by atoms with van der Waals surface area (Å²) in [7, 11) is 3.93. The number of anilines is 2. The highest BCUT2D eigenvalue weighted by Gasteiger charge is 2.39. The monoisotopic (exact) mass is 441 g/mol. The van der Waals surface area contributed by atoms with Crippen molar-refractivity contribution in [3.8, 4) is 11.8 Å². The van der Waals surface area contributed by atoms with E-state index in [0.717, 1.165) is 37.2 Å². The zero-order chi connectivity index (χ0) is 22.9. The number of rotatable bonds is 5. The summed E-state index contributed by atoms with van der Waals surface area (Å²) in [4.78, 5) is 23.6. The maximum Gasteiger partial charge on any atom is 0.228 e. The topological polar surface area (TPSA) is 95.9 Å². The standard InChI is InChI=1S/C25H27N7O/c1-15-8-20(15)25(33)29-22-10-21-18(12-28-24(26-2)23(21)31-30-22)5-7-19-6-4-16(11-27-19)9-17-13-32(3)14-17/h4,6,10-12,15,17,20H,8-9,13-14H2,1-3H3,(H,26,28)(H,29,30,33)/t15-,20+/m1/s1. The molecule has 168 valence electrons. The van der Waals surface area contributed by atoms with Gasteiger partial charge in [0.2, 0.25) is 5.91 Å². The quantitative estimate of drug-likeness (QED) is 0.588. The van der Waals surface area contributed by atoms with E-state index in [2.05, 4.69) is 67.6 Å². The minimum Gasteiger partial charge on any atom is -0.371 e. The third-order valence-corrected chi connectivity index (χ3v) is 6.38. The molecule has 1 amide bonds. The van der Waals surface area contributed by atoms with Gasteiger partial charge in [0.15, 0.2) is 11.6 Å². The summed E-state index contributed by atoms with van der Waals surface area (Å²) >= 11 is 0. The van der Waals surface area contributed by atoms with E-state index in [0.29, 0.717) is 34.3 Å². The minimum atomic E-state index is -0.00971. The van der Waals surface area contributed by atoms with Gasteiger partial charge in [-0.2, -0.15) is 0 Å². The van der Waals surface area contributed by atoms with Crippen molar-refractivity contribution < 1.29 is 4.79 Å². The molecule has 8 nitrogen and oxygen atoms in total. The van der Waals surface area contributed by atoms with Gasteiger partial charge in [-0.1, -0.05) is 18.9 Å². The summed E-state index contributed by atoms with van der Waals surface area (Å²) in [6.07, 6.45) is 5.60. The van der Waals surface area contributed by atoms with E-state index in [1.807, 2.05) is 18.3 Å². The number of hydrogen-bond acceptors (Lipinski definition) is 7. The van der Waals surface area contributed by atoms with Gasteiger partial charge in [0.1, 0.15) is 11.2 Å². The highest BCUT2D eigenvalue weighted by atomic mass is 16.2. The average molecular weight is 442 g/mol. The Morgan fingerprint density at radius 3 is 2.67 bits per heavy atom. The van der Waals surface area contributed by atoms with Crippen molar-refractivity contribution >= 4 is 28.4 Å². The summed E-state index contributed by atoms with van der Waals surface area (Å²) in [6.45, 7) is 4.37. The first kappa shape index (κ1) is 21.3. The molecule has 5 rings (SSSR count). The molecule has 1 aliphatic heterocycles. The van der Waals surface area contributed by atoms with Gasteiger partial charge in [-0.25, -0.2) is 9.97 Å². The Hall–Kier alpha value is -3.57. The van der Waals surface area contributed by atoms with Crippen LogP contribution in [0.15, 0.2) is 30.6 Å². The molecule has 1 aliphatic carbocycles. The van der Waals surface area contributed by atoms with Crippen LogP contribution >= 0.6 is 0 Å². The van der Waals surface area contributed by atoms with E-state index in [4.69, 9.17) is 0 Å². The lowest BCUT2D eigenvalue weighted by molar-refractivity contribution is -0.117. The van der Waals surface area contributed by atoms with Crippen LogP contribution in [0.25, 0.3) is 10.9 Å². The van der Waals surface area contributed by atoms with Crippen molar-refractivity contribution in [2.45, 2.75) is 19.8 Å². The van der Waals surface area contributed by atoms with Crippen LogP contribution < -0.4 is 10.6 Å². The summed E-state index contributed by atoms with van der Waals surface area (Å²) in [6, 6.07) is 5.88. The van der Waals surface area contributed by atoms with Crippen LogP contribution in [-0.4, -0.2) is 58.2 Å². The first-order valence-corrected chi connectivity index (χ1v) is 11.3. The van der Waals surface area contributed by atoms with E-state index in [-0.39, 0.29) is 11.8 Å². The predicted molar refractivity (Wildman–Crippen MR) is 128 cm³/mol. The third-order valence-electron chi connectivity index (χ3n) is 6.38. The van der Waals surface area contributed by atoms with Gasteiger partial charge in [0.05, 0.1) is 5.56 Å². The Balaban J connectivity index is 1.38. The van der Waals surface area contributed by atoms with E-state index >= 15 is 0 Å². The smallest absolute Gasteiger partial charge is 0.228 e. The van der Waals surface area contributed by atoms with E-state index in [1.165, 1.54) is 5.56 Å². The van der Waals surface area contributed by atoms with Gasteiger partial charge in [-0.15, -0.1) is 10.2 Å². The molecule has 0 spiro atoms. The molecule has 1 saturated heterocycles. The van der Waals surface area contributed by atoms with Gasteiger partial charge < -0.3 is 15.5 Å². The average Bonchev–Trinajstić information content (AvgIpc) is 3.54. The SMILES string of the molecule is CNc1ncc(C#Cc2ccc(CC3CN(C)C3)cn2)c2cc(NC(=O)[C@H]3C[C@H]3C)nnc12. The lowest BCUT2D eigenvalue weighted by Crippen LogP contribution is -2.44. The summed E-state index contributed by atoms with van der Waals surface area (Å²) in [5, 5.41) is 15.2. The van der Waals surface area contributed by atoms with Crippen molar-refractivity contribution in [1.82, 2.24) is 25.1 Å². The lowest BCUT2D eigenvalue weighted by Gasteiger charge is -2.36. The van der Waals surface area contributed by atoms with E-state index in [1.54, 1.807) is 13.2 Å². The van der Waals surface area contributed by atoms with Gasteiger partial charge in [0.25, 0.3) is 0 Å². The Labute approximate surface area is 193 Å². The molecule has 2 N–H and O–H groups in total. The van der Waals surface area contributed by atoms with Crippen molar-refractivity contribution in [3.05, 3.63) is 47.4 Å². The van der Waals surface area contributed by atoms with Crippen molar-refractivity contribution in [2.75, 3.05) is 37.8 Å². The van der Waals surface area contributed by atoms with Crippen molar-refractivity contribution in [3.63, 3.8) is 0 Å². The number of likely N-dealkylation sites (tertiary alicyclic amines) is 1. The zero-order valence-corrected chi connectivity index (χ0v) is 19.1. The first-order valence-electron chi connectivity index (χ1n) is 11.3. The number of carbonyl (C=O) groups excluding carboxylic acids is 1. The highest BCUT2D eigenvalue weighted by Crippen LogP contribution is 2.38. The number of carbonyl (C=O) groups is 1. The number of nitrogens with zero attached hydrogens (tertiary/aromatic N) is 5. The molecule has 0 radical (unpaired) electrons. The number of nitrogens with one attached hydrogen (secondary N) is 2. The molecule has 0 unspecified atom stereocenters. The van der Waals surface area contributed by atoms with Gasteiger partial charge in [-0.05, 0) is 55.3 Å². The van der Waals surface area contributed by atoms with Gasteiger partial charge in [-0.3, -0.25) is 4.79 Å². The molecule has 0 aromatic carbocycles. The summed E-state index contributed by atoms with van der Waals surface area (Å²) < 4.78 is 0. The molecule has 8 heteroatoms. The molecular formula is C25H27N7O. The molecule has 2 fully saturated rings. The molecule has 1 saturated carbocycles. The number of fused-ring (bicyclic) bond motifs is 1. The molecular weight excluding hydrogens is 414 g/mol. The lowest BCUT2D eigenvalue weighted by atomic mass is 9.93. The maximum atomic E-state index is 12.3. The van der Waals surface area contributed by atoms with Crippen molar-refractivity contribution in [2.24, 2.45) is 17.8 Å². The third kappa shape index (κ3) is 4.64. The largest absolute Gasteiger partial charge is 0.371 e. The Morgan fingerprint density at radius 1 is 1.18 bits per heavy atom. The van der Waals surface area contributed by atoms with Crippen LogP contribution in [0.1, 0.15) is 30.2 Å². The molecule has 2 aliphatic rings. The fraction of sp³-hybridized carbons (Fsp3) is 0.400. The molecule has 3 aromatic heterocycles. The summed E-state index contributed by atoms with van der Waals surface area (Å²) in [5.41, 5.74) is 3.26. The van der Waals surface area contributed by atoms with Gasteiger partial charge >= 0.3 is 0 Å². The fourth-order valence-electron chi connectivity index (χ4n) is 4.32. The van der Waals surface area contributed by atoms with E-state index in [9.17, 15) is 4.79 Å². The first-order chi connectivity index (χ1) is 16.0. The summed E-state index contributed by atoms with van der Waals surface area (Å²) in [5.74, 6) is 8.54. The van der Waals surface area contributed by atoms with E-state index < -0.39 is 0 Å². The Kier molecular flexibility index (Phi) is 5.65. The van der Waals surface area contributed by atoms with Crippen LogP contribution in [0.3, 0.4) is 0 Å². The van der Waals surface area contributed by atoms with Crippen LogP contribution in [-0.2, 0) is 11.2 Å². The normalized spacial score (nSPS) is 20.0. The molecule has 3 aromatic rings. The number of hydrogen-bond donors (Lipinski definition) is 2.